The summed E-state index contributed by atoms with van der Waals surface area (Å²) >= 11 is 0. The van der Waals surface area contributed by atoms with Crippen molar-refractivity contribution in [2.75, 3.05) is 26.8 Å². The number of methoxy groups -OCH3 is 1. The molecular formula is C23H20N4O4. The second-order valence-electron chi connectivity index (χ2n) is 7.14. The fourth-order valence-electron chi connectivity index (χ4n) is 3.75. The molecule has 1 aliphatic rings. The molecule has 0 unspecified atom stereocenters. The SMILES string of the molecule is COc1ccc(C(=O)N2CCO[C@@H](c3nc(-c4ccccn4)no3)C2)c2ccccc12. The van der Waals surface area contributed by atoms with Crippen LogP contribution in [0.1, 0.15) is 22.4 Å². The van der Waals surface area contributed by atoms with Crippen LogP contribution in [0.15, 0.2) is 65.3 Å². The van der Waals surface area contributed by atoms with Crippen LogP contribution in [0, 0.1) is 0 Å². The molecule has 1 fully saturated rings. The maximum Gasteiger partial charge on any atom is 0.257 e. The Balaban J connectivity index is 1.40. The minimum Gasteiger partial charge on any atom is -0.496 e. The smallest absolute Gasteiger partial charge is 0.257 e. The van der Waals surface area contributed by atoms with Gasteiger partial charge in [0.05, 0.1) is 20.3 Å². The number of fused-ring (bicyclic) bond motifs is 1. The van der Waals surface area contributed by atoms with E-state index in [9.17, 15) is 4.79 Å². The minimum atomic E-state index is -0.493. The van der Waals surface area contributed by atoms with Gasteiger partial charge >= 0.3 is 0 Å². The van der Waals surface area contributed by atoms with Gasteiger partial charge in [0.2, 0.25) is 5.82 Å². The van der Waals surface area contributed by atoms with E-state index in [4.69, 9.17) is 14.0 Å². The van der Waals surface area contributed by atoms with Crippen molar-refractivity contribution < 1.29 is 18.8 Å². The van der Waals surface area contributed by atoms with E-state index in [1.165, 1.54) is 0 Å². The summed E-state index contributed by atoms with van der Waals surface area (Å²) in [5.74, 6) is 1.39. The summed E-state index contributed by atoms with van der Waals surface area (Å²) in [5.41, 5.74) is 1.24. The zero-order chi connectivity index (χ0) is 21.2. The number of hydrogen-bond acceptors (Lipinski definition) is 7. The van der Waals surface area contributed by atoms with Gasteiger partial charge in [0.25, 0.3) is 11.8 Å². The first kappa shape index (κ1) is 19.2. The summed E-state index contributed by atoms with van der Waals surface area (Å²) in [4.78, 5) is 23.8. The summed E-state index contributed by atoms with van der Waals surface area (Å²) < 4.78 is 16.7. The molecule has 2 aromatic heterocycles. The van der Waals surface area contributed by atoms with Gasteiger partial charge in [0.15, 0.2) is 6.10 Å². The van der Waals surface area contributed by atoms with Gasteiger partial charge in [-0.3, -0.25) is 9.78 Å². The average molecular weight is 416 g/mol. The highest BCUT2D eigenvalue weighted by Crippen LogP contribution is 2.30. The fourth-order valence-corrected chi connectivity index (χ4v) is 3.75. The molecule has 1 atom stereocenters. The molecule has 3 heterocycles. The van der Waals surface area contributed by atoms with Crippen LogP contribution in [0.4, 0.5) is 0 Å². The van der Waals surface area contributed by atoms with Gasteiger partial charge in [0.1, 0.15) is 11.4 Å². The van der Waals surface area contributed by atoms with Crippen molar-refractivity contribution in [1.82, 2.24) is 20.0 Å². The predicted molar refractivity (Wildman–Crippen MR) is 113 cm³/mol. The Morgan fingerprint density at radius 1 is 1.10 bits per heavy atom. The molecule has 2 aromatic carbocycles. The third-order valence-corrected chi connectivity index (χ3v) is 5.30. The second kappa shape index (κ2) is 8.16. The number of nitrogens with zero attached hydrogens (tertiary/aromatic N) is 4. The molecule has 0 saturated carbocycles. The summed E-state index contributed by atoms with van der Waals surface area (Å²) in [6, 6.07) is 16.8. The normalized spacial score (nSPS) is 16.4. The Kier molecular flexibility index (Phi) is 5.05. The molecule has 1 saturated heterocycles. The number of carbonyl (C=O) groups excluding carboxylic acids is 1. The largest absolute Gasteiger partial charge is 0.496 e. The van der Waals surface area contributed by atoms with Gasteiger partial charge in [-0.25, -0.2) is 0 Å². The van der Waals surface area contributed by atoms with Crippen molar-refractivity contribution >= 4 is 16.7 Å². The van der Waals surface area contributed by atoms with E-state index < -0.39 is 6.10 Å². The van der Waals surface area contributed by atoms with Gasteiger partial charge in [-0.15, -0.1) is 0 Å². The van der Waals surface area contributed by atoms with E-state index in [1.807, 2.05) is 42.5 Å². The first-order valence-electron chi connectivity index (χ1n) is 9.96. The third-order valence-electron chi connectivity index (χ3n) is 5.30. The van der Waals surface area contributed by atoms with Gasteiger partial charge in [-0.05, 0) is 29.7 Å². The molecule has 0 N–H and O–H groups in total. The lowest BCUT2D eigenvalue weighted by atomic mass is 10.0. The van der Waals surface area contributed by atoms with Gasteiger partial charge in [-0.1, -0.05) is 35.5 Å². The van der Waals surface area contributed by atoms with Crippen molar-refractivity contribution in [3.63, 3.8) is 0 Å². The van der Waals surface area contributed by atoms with Gasteiger partial charge in [0, 0.05) is 23.7 Å². The van der Waals surface area contributed by atoms with Crippen molar-refractivity contribution in [3.8, 4) is 17.3 Å². The van der Waals surface area contributed by atoms with E-state index in [-0.39, 0.29) is 5.91 Å². The number of pyridine rings is 1. The molecule has 31 heavy (non-hydrogen) atoms. The maximum absolute atomic E-state index is 13.4. The Labute approximate surface area is 178 Å². The lowest BCUT2D eigenvalue weighted by Crippen LogP contribution is -2.42. The highest BCUT2D eigenvalue weighted by atomic mass is 16.5. The first-order valence-corrected chi connectivity index (χ1v) is 9.96. The Hall–Kier alpha value is -3.78. The number of carbonyl (C=O) groups is 1. The Morgan fingerprint density at radius 2 is 1.94 bits per heavy atom. The molecule has 8 nitrogen and oxygen atoms in total. The van der Waals surface area contributed by atoms with E-state index in [0.717, 1.165) is 16.5 Å². The summed E-state index contributed by atoms with van der Waals surface area (Å²) in [6.45, 7) is 1.19. The highest BCUT2D eigenvalue weighted by molar-refractivity contribution is 6.08. The minimum absolute atomic E-state index is 0.0726. The fraction of sp³-hybridized carbons (Fsp3) is 0.217. The van der Waals surface area contributed by atoms with Crippen LogP contribution >= 0.6 is 0 Å². The lowest BCUT2D eigenvalue weighted by molar-refractivity contribution is -0.0366. The Morgan fingerprint density at radius 3 is 2.74 bits per heavy atom. The lowest BCUT2D eigenvalue weighted by Gasteiger charge is -2.31. The molecule has 1 aliphatic heterocycles. The second-order valence-corrected chi connectivity index (χ2v) is 7.14. The molecule has 156 valence electrons. The van der Waals surface area contributed by atoms with E-state index in [2.05, 4.69) is 15.1 Å². The van der Waals surface area contributed by atoms with Crippen LogP contribution in [-0.2, 0) is 4.74 Å². The van der Waals surface area contributed by atoms with Crippen LogP contribution in [0.3, 0.4) is 0 Å². The monoisotopic (exact) mass is 416 g/mol. The summed E-state index contributed by atoms with van der Waals surface area (Å²) in [6.07, 6.45) is 1.18. The maximum atomic E-state index is 13.4. The van der Waals surface area contributed by atoms with Crippen molar-refractivity contribution in [3.05, 3.63) is 72.2 Å². The molecule has 4 aromatic rings. The predicted octanol–water partition coefficient (Wildman–Crippen LogP) is 3.51. The molecule has 0 spiro atoms. The van der Waals surface area contributed by atoms with Crippen LogP contribution in [-0.4, -0.2) is 52.7 Å². The first-order chi connectivity index (χ1) is 15.2. The molecule has 1 amide bonds. The number of aromatic nitrogens is 3. The molecule has 0 bridgehead atoms. The summed E-state index contributed by atoms with van der Waals surface area (Å²) in [5, 5.41) is 5.76. The van der Waals surface area contributed by atoms with Crippen molar-refractivity contribution in [1.29, 1.82) is 0 Å². The van der Waals surface area contributed by atoms with Crippen molar-refractivity contribution in [2.45, 2.75) is 6.10 Å². The van der Waals surface area contributed by atoms with Crippen LogP contribution < -0.4 is 4.74 Å². The highest BCUT2D eigenvalue weighted by Gasteiger charge is 2.31. The standard InChI is InChI=1S/C23H20N4O4/c1-29-19-10-9-17(15-6-2-3-7-16(15)19)23(28)27-12-13-30-20(14-27)22-25-21(26-31-22)18-8-4-5-11-24-18/h2-11,20H,12-14H2,1H3/t20-/m1/s1. The number of amides is 1. The Bertz CT molecular complexity index is 1220. The number of morpholine rings is 1. The molecule has 0 aliphatic carbocycles. The molecule has 8 heteroatoms. The molecule has 5 rings (SSSR count). The number of hydrogen-bond donors (Lipinski definition) is 0. The number of benzene rings is 2. The van der Waals surface area contributed by atoms with Gasteiger partial charge < -0.3 is 18.9 Å². The zero-order valence-electron chi connectivity index (χ0n) is 16.9. The van der Waals surface area contributed by atoms with Crippen molar-refractivity contribution in [2.24, 2.45) is 0 Å². The average Bonchev–Trinajstić information content (AvgIpc) is 3.34. The molecular weight excluding hydrogens is 396 g/mol. The number of rotatable bonds is 4. The topological polar surface area (TPSA) is 90.6 Å². The van der Waals surface area contributed by atoms with Crippen LogP contribution in [0.25, 0.3) is 22.3 Å². The summed E-state index contributed by atoms with van der Waals surface area (Å²) in [7, 11) is 1.62. The van der Waals surface area contributed by atoms with E-state index in [0.29, 0.717) is 42.7 Å². The van der Waals surface area contributed by atoms with Crippen LogP contribution in [0.2, 0.25) is 0 Å². The number of ether oxygens (including phenoxy) is 2. The quantitative estimate of drug-likeness (QED) is 0.503. The van der Waals surface area contributed by atoms with Gasteiger partial charge in [-0.2, -0.15) is 4.98 Å². The van der Waals surface area contributed by atoms with E-state index >= 15 is 0 Å². The third kappa shape index (κ3) is 3.62. The van der Waals surface area contributed by atoms with Crippen LogP contribution in [0.5, 0.6) is 5.75 Å². The van der Waals surface area contributed by atoms with E-state index in [1.54, 1.807) is 30.3 Å². The zero-order valence-corrected chi connectivity index (χ0v) is 16.9. The molecule has 0 radical (unpaired) electrons.